The van der Waals surface area contributed by atoms with Gasteiger partial charge in [-0.05, 0) is 52.9 Å². The zero-order valence-corrected chi connectivity index (χ0v) is 11.2. The van der Waals surface area contributed by atoms with Crippen LogP contribution in [0.15, 0.2) is 35.5 Å². The Bertz CT molecular complexity index is 246. The molecule has 0 N–H and O–H groups in total. The lowest BCUT2D eigenvalue weighted by atomic mass is 9.75. The molecule has 0 atom stereocenters. The van der Waals surface area contributed by atoms with Gasteiger partial charge >= 0.3 is 0 Å². The van der Waals surface area contributed by atoms with Gasteiger partial charge in [0.1, 0.15) is 0 Å². The van der Waals surface area contributed by atoms with E-state index in [0.29, 0.717) is 0 Å². The molecule has 0 aromatic heterocycles. The third kappa shape index (κ3) is 4.51. The van der Waals surface area contributed by atoms with E-state index in [9.17, 15) is 0 Å². The van der Waals surface area contributed by atoms with E-state index >= 15 is 0 Å². The molecule has 15 heavy (non-hydrogen) atoms. The van der Waals surface area contributed by atoms with Gasteiger partial charge in [-0.3, -0.25) is 0 Å². The first-order chi connectivity index (χ1) is 6.98. The lowest BCUT2D eigenvalue weighted by molar-refractivity contribution is 0.404. The van der Waals surface area contributed by atoms with Crippen LogP contribution in [0.2, 0.25) is 0 Å². The zero-order valence-electron chi connectivity index (χ0n) is 11.2. The van der Waals surface area contributed by atoms with Crippen molar-refractivity contribution >= 4 is 0 Å². The van der Waals surface area contributed by atoms with Crippen molar-refractivity contribution in [2.24, 2.45) is 5.41 Å². The van der Waals surface area contributed by atoms with E-state index in [2.05, 4.69) is 65.8 Å². The lowest BCUT2D eigenvalue weighted by Gasteiger charge is -2.30. The first-order valence-corrected chi connectivity index (χ1v) is 5.84. The van der Waals surface area contributed by atoms with Crippen LogP contribution < -0.4 is 0 Å². The van der Waals surface area contributed by atoms with Gasteiger partial charge in [0.15, 0.2) is 0 Å². The molecule has 0 saturated heterocycles. The minimum Gasteiger partial charge on any atom is -0.0916 e. The summed E-state index contributed by atoms with van der Waals surface area (Å²) in [7, 11) is 0. The van der Waals surface area contributed by atoms with Crippen molar-refractivity contribution in [3.8, 4) is 0 Å². The second-order valence-electron chi connectivity index (χ2n) is 4.73. The van der Waals surface area contributed by atoms with Gasteiger partial charge in [-0.25, -0.2) is 0 Å². The third-order valence-corrected chi connectivity index (χ3v) is 3.26. The molecule has 0 unspecified atom stereocenters. The molecule has 0 fully saturated rings. The van der Waals surface area contributed by atoms with Gasteiger partial charge in [-0.2, -0.15) is 0 Å². The molecule has 0 aliphatic carbocycles. The van der Waals surface area contributed by atoms with E-state index in [1.807, 2.05) is 0 Å². The van der Waals surface area contributed by atoms with Gasteiger partial charge in [0, 0.05) is 0 Å². The maximum atomic E-state index is 2.36. The van der Waals surface area contributed by atoms with Crippen molar-refractivity contribution in [2.75, 3.05) is 0 Å². The second-order valence-corrected chi connectivity index (χ2v) is 4.73. The van der Waals surface area contributed by atoms with Gasteiger partial charge in [0.05, 0.1) is 0 Å². The van der Waals surface area contributed by atoms with Gasteiger partial charge in [0.2, 0.25) is 0 Å². The lowest BCUT2D eigenvalue weighted by Crippen LogP contribution is -2.17. The summed E-state index contributed by atoms with van der Waals surface area (Å²) in [5, 5.41) is 0. The van der Waals surface area contributed by atoms with E-state index in [4.69, 9.17) is 0 Å². The Balaban J connectivity index is 4.92. The Morgan fingerprint density at radius 1 is 0.933 bits per heavy atom. The predicted octanol–water partition coefficient (Wildman–Crippen LogP) is 5.28. The summed E-state index contributed by atoms with van der Waals surface area (Å²) in [4.78, 5) is 0. The average molecular weight is 206 g/mol. The smallest absolute Gasteiger partial charge is 0.00478 e. The summed E-state index contributed by atoms with van der Waals surface area (Å²) in [5.41, 5.74) is 3.27. The summed E-state index contributed by atoms with van der Waals surface area (Å²) >= 11 is 0. The molecule has 0 saturated carbocycles. The highest BCUT2D eigenvalue weighted by Crippen LogP contribution is 2.37. The fraction of sp³-hybridized carbons (Fsp3) is 0.600. The Kier molecular flexibility index (Phi) is 6.31. The quantitative estimate of drug-likeness (QED) is 0.537. The number of hydrogen-bond acceptors (Lipinski definition) is 0. The van der Waals surface area contributed by atoms with Crippen LogP contribution in [0.3, 0.4) is 0 Å². The molecule has 0 spiro atoms. The zero-order chi connectivity index (χ0) is 11.9. The van der Waals surface area contributed by atoms with Crippen LogP contribution in [-0.4, -0.2) is 0 Å². The Hall–Kier alpha value is -0.780. The van der Waals surface area contributed by atoms with Crippen molar-refractivity contribution in [2.45, 2.75) is 54.4 Å². The van der Waals surface area contributed by atoms with Crippen LogP contribution in [-0.2, 0) is 0 Å². The summed E-state index contributed by atoms with van der Waals surface area (Å²) in [6.07, 6.45) is 11.1. The van der Waals surface area contributed by atoms with Gasteiger partial charge in [-0.15, -0.1) is 0 Å². The monoisotopic (exact) mass is 206 g/mol. The molecule has 0 aliphatic heterocycles. The Labute approximate surface area is 95.8 Å². The maximum Gasteiger partial charge on any atom is -0.00478 e. The predicted molar refractivity (Wildman–Crippen MR) is 71.0 cm³/mol. The van der Waals surface area contributed by atoms with Crippen LogP contribution in [0.1, 0.15) is 54.4 Å². The normalized spacial score (nSPS) is 15.9. The first-order valence-electron chi connectivity index (χ1n) is 5.84. The summed E-state index contributed by atoms with van der Waals surface area (Å²) < 4.78 is 0. The summed E-state index contributed by atoms with van der Waals surface area (Å²) in [6.45, 7) is 13.2. The van der Waals surface area contributed by atoms with Crippen molar-refractivity contribution < 1.29 is 0 Å². The van der Waals surface area contributed by atoms with Crippen LogP contribution in [0.4, 0.5) is 0 Å². The van der Waals surface area contributed by atoms with Crippen molar-refractivity contribution in [3.05, 3.63) is 35.5 Å². The first kappa shape index (κ1) is 14.2. The molecular formula is C15H26. The van der Waals surface area contributed by atoms with Crippen LogP contribution >= 0.6 is 0 Å². The molecule has 0 nitrogen and oxygen atoms in total. The van der Waals surface area contributed by atoms with Crippen molar-refractivity contribution in [1.29, 1.82) is 0 Å². The fourth-order valence-corrected chi connectivity index (χ4v) is 1.75. The third-order valence-electron chi connectivity index (χ3n) is 3.26. The SMILES string of the molecule is CC=CCC(C)(CC=CC)C(C)=C(C)C. The fourth-order valence-electron chi connectivity index (χ4n) is 1.75. The number of allylic oxidation sites excluding steroid dienone is 6. The molecular weight excluding hydrogens is 180 g/mol. The summed E-state index contributed by atoms with van der Waals surface area (Å²) in [5.74, 6) is 0. The molecule has 0 aromatic carbocycles. The number of rotatable bonds is 5. The van der Waals surface area contributed by atoms with E-state index in [0.717, 1.165) is 12.8 Å². The largest absolute Gasteiger partial charge is 0.0916 e. The van der Waals surface area contributed by atoms with Crippen LogP contribution in [0, 0.1) is 5.41 Å². The van der Waals surface area contributed by atoms with Crippen LogP contribution in [0.5, 0.6) is 0 Å². The molecule has 0 heteroatoms. The molecule has 0 rings (SSSR count). The molecule has 0 aromatic rings. The van der Waals surface area contributed by atoms with E-state index in [1.165, 1.54) is 11.1 Å². The molecule has 0 heterocycles. The maximum absolute atomic E-state index is 2.36. The van der Waals surface area contributed by atoms with E-state index < -0.39 is 0 Å². The highest BCUT2D eigenvalue weighted by Gasteiger charge is 2.23. The van der Waals surface area contributed by atoms with E-state index in [1.54, 1.807) is 0 Å². The second kappa shape index (κ2) is 6.66. The topological polar surface area (TPSA) is 0 Å². The number of hydrogen-bond donors (Lipinski definition) is 0. The molecule has 0 aliphatic rings. The Morgan fingerprint density at radius 2 is 1.33 bits per heavy atom. The highest BCUT2D eigenvalue weighted by molar-refractivity contribution is 5.19. The van der Waals surface area contributed by atoms with E-state index in [-0.39, 0.29) is 5.41 Å². The van der Waals surface area contributed by atoms with Crippen molar-refractivity contribution in [1.82, 2.24) is 0 Å². The molecule has 0 radical (unpaired) electrons. The average Bonchev–Trinajstić information content (AvgIpc) is 2.22. The molecule has 0 bridgehead atoms. The van der Waals surface area contributed by atoms with Crippen molar-refractivity contribution in [3.63, 3.8) is 0 Å². The minimum atomic E-state index is 0.290. The van der Waals surface area contributed by atoms with Crippen LogP contribution in [0.25, 0.3) is 0 Å². The standard InChI is InChI=1S/C15H26/c1-7-9-11-15(6,12-10-8-2)14(5)13(3)4/h7-10H,11-12H2,1-6H3. The van der Waals surface area contributed by atoms with Gasteiger partial charge in [-0.1, -0.05) is 42.4 Å². The highest BCUT2D eigenvalue weighted by atomic mass is 14.3. The van der Waals surface area contributed by atoms with Gasteiger partial charge in [0.25, 0.3) is 0 Å². The minimum absolute atomic E-state index is 0.290. The molecule has 86 valence electrons. The molecule has 0 amide bonds. The Morgan fingerprint density at radius 3 is 1.60 bits per heavy atom. The summed E-state index contributed by atoms with van der Waals surface area (Å²) in [6, 6.07) is 0. The van der Waals surface area contributed by atoms with Gasteiger partial charge < -0.3 is 0 Å².